The molecule has 2 rings (SSSR count). The first-order valence-corrected chi connectivity index (χ1v) is 6.37. The highest BCUT2D eigenvalue weighted by atomic mass is 19.1. The van der Waals surface area contributed by atoms with Gasteiger partial charge >= 0.3 is 0 Å². The van der Waals surface area contributed by atoms with E-state index in [4.69, 9.17) is 5.73 Å². The number of hydrogen-bond donors (Lipinski definition) is 1. The fourth-order valence-electron chi connectivity index (χ4n) is 2.01. The fraction of sp³-hybridized carbons (Fsp3) is 0.267. The highest BCUT2D eigenvalue weighted by Gasteiger charge is 2.08. The highest BCUT2D eigenvalue weighted by Crippen LogP contribution is 2.20. The van der Waals surface area contributed by atoms with E-state index >= 15 is 0 Å². The minimum absolute atomic E-state index is 0.252. The molecule has 0 aliphatic rings. The Hall–Kier alpha value is -1.94. The van der Waals surface area contributed by atoms with E-state index in [1.165, 1.54) is 12.1 Å². The second-order valence-electron chi connectivity index (χ2n) is 4.36. The van der Waals surface area contributed by atoms with Gasteiger partial charge < -0.3 is 10.6 Å². The summed E-state index contributed by atoms with van der Waals surface area (Å²) in [6.45, 7) is 3.82. The van der Waals surface area contributed by atoms with E-state index in [9.17, 15) is 4.39 Å². The molecule has 4 heteroatoms. The molecule has 1 aromatic heterocycles. The predicted octanol–water partition coefficient (Wildman–Crippen LogP) is 2.71. The Labute approximate surface area is 112 Å². The van der Waals surface area contributed by atoms with Crippen molar-refractivity contribution in [1.82, 2.24) is 4.98 Å². The van der Waals surface area contributed by atoms with Gasteiger partial charge in [-0.2, -0.15) is 0 Å². The van der Waals surface area contributed by atoms with Crippen LogP contribution in [0.1, 0.15) is 18.2 Å². The summed E-state index contributed by atoms with van der Waals surface area (Å²) in [5, 5.41) is 0. The zero-order valence-corrected chi connectivity index (χ0v) is 11.0. The van der Waals surface area contributed by atoms with E-state index in [1.54, 1.807) is 6.20 Å². The van der Waals surface area contributed by atoms with Crippen molar-refractivity contribution in [3.63, 3.8) is 0 Å². The van der Waals surface area contributed by atoms with Crippen LogP contribution < -0.4 is 10.6 Å². The molecule has 2 N–H and O–H groups in total. The summed E-state index contributed by atoms with van der Waals surface area (Å²) < 4.78 is 13.6. The molecule has 0 spiro atoms. The van der Waals surface area contributed by atoms with Gasteiger partial charge in [-0.1, -0.05) is 6.07 Å². The van der Waals surface area contributed by atoms with Crippen LogP contribution in [0.2, 0.25) is 0 Å². The monoisotopic (exact) mass is 259 g/mol. The summed E-state index contributed by atoms with van der Waals surface area (Å²) in [7, 11) is 0. The largest absolute Gasteiger partial charge is 0.366 e. The van der Waals surface area contributed by atoms with Crippen LogP contribution >= 0.6 is 0 Å². The second-order valence-corrected chi connectivity index (χ2v) is 4.36. The first kappa shape index (κ1) is 13.5. The van der Waals surface area contributed by atoms with Gasteiger partial charge in [0.2, 0.25) is 0 Å². The summed E-state index contributed by atoms with van der Waals surface area (Å²) in [6, 6.07) is 10.7. The molecule has 0 unspecified atom stereocenters. The molecule has 1 heterocycles. The lowest BCUT2D eigenvalue weighted by atomic mass is 10.1. The van der Waals surface area contributed by atoms with Gasteiger partial charge in [-0.15, -0.1) is 0 Å². The number of nitrogens with two attached hydrogens (primary N) is 1. The van der Waals surface area contributed by atoms with Gasteiger partial charge in [-0.25, -0.2) is 4.39 Å². The Morgan fingerprint density at radius 1 is 1.26 bits per heavy atom. The maximum atomic E-state index is 13.6. The number of nitrogens with zero attached hydrogens (tertiary/aromatic N) is 2. The first-order chi connectivity index (χ1) is 9.22. The van der Waals surface area contributed by atoms with E-state index in [0.717, 1.165) is 23.5 Å². The lowest BCUT2D eigenvalue weighted by Gasteiger charge is -2.23. The Morgan fingerprint density at radius 2 is 2.11 bits per heavy atom. The van der Waals surface area contributed by atoms with Crippen LogP contribution in [0.25, 0.3) is 0 Å². The zero-order chi connectivity index (χ0) is 13.7. The molecule has 0 bridgehead atoms. The number of benzene rings is 1. The predicted molar refractivity (Wildman–Crippen MR) is 75.3 cm³/mol. The Balaban J connectivity index is 2.24. The number of hydrogen-bond acceptors (Lipinski definition) is 3. The molecule has 100 valence electrons. The van der Waals surface area contributed by atoms with Crippen LogP contribution in [0, 0.1) is 5.82 Å². The molecular weight excluding hydrogens is 241 g/mol. The van der Waals surface area contributed by atoms with E-state index in [1.807, 2.05) is 31.2 Å². The van der Waals surface area contributed by atoms with Gasteiger partial charge in [-0.3, -0.25) is 4.98 Å². The van der Waals surface area contributed by atoms with Crippen molar-refractivity contribution in [1.29, 1.82) is 0 Å². The maximum Gasteiger partial charge on any atom is 0.125 e. The fourth-order valence-corrected chi connectivity index (χ4v) is 2.01. The standard InChI is InChI=1S/C15H18FN3/c1-2-19(11-14-5-3-4-6-18-14)15-8-12(10-17)7-13(16)9-15/h3-9H,2,10-11,17H2,1H3. The van der Waals surface area contributed by atoms with Crippen molar-refractivity contribution in [2.75, 3.05) is 11.4 Å². The third-order valence-corrected chi connectivity index (χ3v) is 3.00. The van der Waals surface area contributed by atoms with Crippen LogP contribution in [0.15, 0.2) is 42.6 Å². The lowest BCUT2D eigenvalue weighted by molar-refractivity contribution is 0.624. The summed E-state index contributed by atoms with van der Waals surface area (Å²) in [5.41, 5.74) is 8.19. The molecule has 0 aliphatic heterocycles. The van der Waals surface area contributed by atoms with E-state index in [0.29, 0.717) is 13.1 Å². The van der Waals surface area contributed by atoms with Crippen molar-refractivity contribution in [2.24, 2.45) is 5.73 Å². The molecule has 0 saturated heterocycles. The maximum absolute atomic E-state index is 13.6. The molecule has 2 aromatic rings. The highest BCUT2D eigenvalue weighted by molar-refractivity contribution is 5.49. The molecule has 0 saturated carbocycles. The van der Waals surface area contributed by atoms with Gasteiger partial charge in [-0.05, 0) is 42.8 Å². The lowest BCUT2D eigenvalue weighted by Crippen LogP contribution is -2.23. The summed E-state index contributed by atoms with van der Waals surface area (Å²) >= 11 is 0. The Kier molecular flexibility index (Phi) is 4.47. The van der Waals surface area contributed by atoms with Gasteiger partial charge in [0.1, 0.15) is 5.82 Å². The Morgan fingerprint density at radius 3 is 2.74 bits per heavy atom. The summed E-state index contributed by atoms with van der Waals surface area (Å²) in [4.78, 5) is 6.37. The van der Waals surface area contributed by atoms with E-state index in [-0.39, 0.29) is 5.82 Å². The average molecular weight is 259 g/mol. The van der Waals surface area contributed by atoms with Crippen molar-refractivity contribution in [3.05, 3.63) is 59.7 Å². The molecule has 3 nitrogen and oxygen atoms in total. The van der Waals surface area contributed by atoms with Crippen molar-refractivity contribution in [2.45, 2.75) is 20.0 Å². The van der Waals surface area contributed by atoms with Gasteiger partial charge in [0.25, 0.3) is 0 Å². The minimum atomic E-state index is -0.252. The molecular formula is C15H18FN3. The van der Waals surface area contributed by atoms with Crippen LogP contribution in [0.5, 0.6) is 0 Å². The molecule has 0 atom stereocenters. The topological polar surface area (TPSA) is 42.2 Å². The third-order valence-electron chi connectivity index (χ3n) is 3.00. The normalized spacial score (nSPS) is 10.5. The van der Waals surface area contributed by atoms with E-state index < -0.39 is 0 Å². The zero-order valence-electron chi connectivity index (χ0n) is 11.0. The quantitative estimate of drug-likeness (QED) is 0.897. The number of aromatic nitrogens is 1. The summed E-state index contributed by atoms with van der Waals surface area (Å²) in [5.74, 6) is -0.252. The number of halogens is 1. The molecule has 0 aliphatic carbocycles. The van der Waals surface area contributed by atoms with Crippen LogP contribution in [0.3, 0.4) is 0 Å². The molecule has 19 heavy (non-hydrogen) atoms. The molecule has 0 fully saturated rings. The van der Waals surface area contributed by atoms with E-state index in [2.05, 4.69) is 9.88 Å². The van der Waals surface area contributed by atoms with Crippen molar-refractivity contribution >= 4 is 5.69 Å². The van der Waals surface area contributed by atoms with Crippen LogP contribution in [0.4, 0.5) is 10.1 Å². The number of pyridine rings is 1. The smallest absolute Gasteiger partial charge is 0.125 e. The van der Waals surface area contributed by atoms with Crippen molar-refractivity contribution in [3.8, 4) is 0 Å². The molecule has 1 aromatic carbocycles. The van der Waals surface area contributed by atoms with Crippen molar-refractivity contribution < 1.29 is 4.39 Å². The average Bonchev–Trinajstić information content (AvgIpc) is 2.45. The van der Waals surface area contributed by atoms with Crippen LogP contribution in [-0.4, -0.2) is 11.5 Å². The second kappa shape index (κ2) is 6.29. The minimum Gasteiger partial charge on any atom is -0.366 e. The summed E-state index contributed by atoms with van der Waals surface area (Å²) in [6.07, 6.45) is 1.76. The number of anilines is 1. The Bertz CT molecular complexity index is 528. The first-order valence-electron chi connectivity index (χ1n) is 6.37. The van der Waals surface area contributed by atoms with Crippen LogP contribution in [-0.2, 0) is 13.1 Å². The van der Waals surface area contributed by atoms with Gasteiger partial charge in [0, 0.05) is 25.0 Å². The molecule has 0 amide bonds. The third kappa shape index (κ3) is 3.51. The van der Waals surface area contributed by atoms with Gasteiger partial charge in [0.05, 0.1) is 12.2 Å². The SMILES string of the molecule is CCN(Cc1ccccn1)c1cc(F)cc(CN)c1. The number of rotatable bonds is 5. The van der Waals surface area contributed by atoms with Gasteiger partial charge in [0.15, 0.2) is 0 Å². The molecule has 0 radical (unpaired) electrons.